The van der Waals surface area contributed by atoms with Gasteiger partial charge in [0.1, 0.15) is 24.4 Å². The molecule has 0 unspecified atom stereocenters. The molecule has 2 N–H and O–H groups in total. The molecule has 15 aromatic heterocycles. The van der Waals surface area contributed by atoms with Crippen molar-refractivity contribution in [2.24, 2.45) is 0 Å². The molecule has 0 atom stereocenters. The zero-order valence-electron chi connectivity index (χ0n) is 62.2. The Kier molecular flexibility index (Phi) is 39.4. The van der Waals surface area contributed by atoms with Crippen LogP contribution in [0.25, 0.3) is 86.7 Å². The third kappa shape index (κ3) is 34.2. The van der Waals surface area contributed by atoms with Gasteiger partial charge in [-0.1, -0.05) is 146 Å². The topological polar surface area (TPSA) is 329 Å². The average Bonchev–Trinajstić information content (AvgIpc) is 1.59. The molecule has 23 rings (SSSR count). The molecule has 23 aromatic rings. The second kappa shape index (κ2) is 54.5. The summed E-state index contributed by atoms with van der Waals surface area (Å²) in [5.74, 6) is 0. The number of nitrogens with one attached hydrogen (secondary N) is 2. The molecule has 0 bridgehead atoms. The van der Waals surface area contributed by atoms with E-state index in [0.717, 1.165) is 65.9 Å². The van der Waals surface area contributed by atoms with Crippen LogP contribution in [0.3, 0.4) is 0 Å². The van der Waals surface area contributed by atoms with Gasteiger partial charge in [0.15, 0.2) is 18.4 Å². The Morgan fingerprint density at radius 2 is 0.828 bits per heavy atom. The molecule has 0 aliphatic carbocycles. The van der Waals surface area contributed by atoms with E-state index in [2.05, 4.69) is 150 Å². The molecular formula is C89H75N23O2S2. The van der Waals surface area contributed by atoms with Gasteiger partial charge >= 0.3 is 0 Å². The van der Waals surface area contributed by atoms with Crippen molar-refractivity contribution in [2.75, 3.05) is 0 Å². The summed E-state index contributed by atoms with van der Waals surface area (Å²) in [6, 6.07) is 80.9. The molecule has 116 heavy (non-hydrogen) atoms. The first-order chi connectivity index (χ1) is 57.7. The number of aromatic nitrogens is 23. The van der Waals surface area contributed by atoms with Crippen LogP contribution in [0, 0.1) is 0 Å². The van der Waals surface area contributed by atoms with Gasteiger partial charge in [-0.3, -0.25) is 39.9 Å². The Labute approximate surface area is 675 Å². The Hall–Kier alpha value is -16.1. The van der Waals surface area contributed by atoms with Crippen LogP contribution < -0.4 is 0 Å². The minimum Gasteiger partial charge on any atom is -0.452 e. The number of pyridine rings is 3. The van der Waals surface area contributed by atoms with Crippen LogP contribution >= 0.6 is 22.7 Å². The normalized spacial score (nSPS) is 9.38. The molecule has 27 heteroatoms. The number of rotatable bonds is 0. The Balaban J connectivity index is 0.000000143. The van der Waals surface area contributed by atoms with Crippen molar-refractivity contribution in [1.82, 2.24) is 115 Å². The lowest BCUT2D eigenvalue weighted by molar-refractivity contribution is 0.558. The van der Waals surface area contributed by atoms with E-state index in [1.54, 1.807) is 165 Å². The molecule has 15 heterocycles. The van der Waals surface area contributed by atoms with E-state index in [9.17, 15) is 0 Å². The molecule has 0 aliphatic heterocycles. The maximum Gasteiger partial charge on any atom is 0.181 e. The predicted octanol–water partition coefficient (Wildman–Crippen LogP) is 19.8. The van der Waals surface area contributed by atoms with Crippen molar-refractivity contribution in [3.05, 3.63) is 446 Å². The minimum absolute atomic E-state index is 0.845. The van der Waals surface area contributed by atoms with E-state index in [-0.39, 0.29) is 0 Å². The van der Waals surface area contributed by atoms with Crippen LogP contribution in [0.4, 0.5) is 0 Å². The standard InChI is InChI=1S/2C9H7N.3C8H6N2.C7H6N2.C7H5NO.C7H5NS.C5H5N.3C4H4N2.C3H4N2.C3H3NO.C3H3NS/c1-2-6-9-8(4-1)5-3-7-10-9;1-2-4-9-7-10-6-5-8(9)3-1;1-2-4-8-7(3-1)5-9-6-10-8;1-2-4-8-6-10-9-5-7(8)3-1;1-2-4-8-7(3-1)9-5-6-10-8;3*1-2-4-7-6(3-1)8-5-9-7;1-2-4-6-5-3-1;1-2-6-4-3-5-1;1-2-5-4-6-3-1;1-2-4-6-5-3-1;3*1-2-5-3-4-1/h2*1-7H;3*1-6H;1-5H,(H,8,9);2*1-5H;1-5H;3*1-4H;1-3H,(H,4,5);2*1-3H. The fourth-order valence-electron chi connectivity index (χ4n) is 8.94. The molecule has 0 radical (unpaired) electrons. The number of hydrogen-bond acceptors (Lipinski definition) is 25. The van der Waals surface area contributed by atoms with Crippen LogP contribution in [0.1, 0.15) is 0 Å². The molecular weight excluding hydrogens is 1490 g/mol. The lowest BCUT2D eigenvalue weighted by Crippen LogP contribution is -1.78. The fourth-order valence-corrected chi connectivity index (χ4v) is 9.97. The van der Waals surface area contributed by atoms with Crippen LogP contribution in [-0.2, 0) is 0 Å². The van der Waals surface area contributed by atoms with Gasteiger partial charge in [-0.25, -0.2) is 44.9 Å². The van der Waals surface area contributed by atoms with Gasteiger partial charge in [0, 0.05) is 145 Å². The van der Waals surface area contributed by atoms with Gasteiger partial charge in [-0.2, -0.15) is 20.4 Å². The minimum atomic E-state index is 0.845. The van der Waals surface area contributed by atoms with Gasteiger partial charge < -0.3 is 18.8 Å². The van der Waals surface area contributed by atoms with Crippen LogP contribution in [-0.4, -0.2) is 115 Å². The molecule has 570 valence electrons. The number of benzene rings is 8. The van der Waals surface area contributed by atoms with E-state index in [0.29, 0.717) is 0 Å². The van der Waals surface area contributed by atoms with Crippen molar-refractivity contribution >= 4 is 109 Å². The Morgan fingerprint density at radius 1 is 0.267 bits per heavy atom. The Bertz CT molecular complexity index is 4860. The van der Waals surface area contributed by atoms with Crippen molar-refractivity contribution in [2.45, 2.75) is 0 Å². The molecule has 0 spiro atoms. The highest BCUT2D eigenvalue weighted by Gasteiger charge is 1.95. The van der Waals surface area contributed by atoms with E-state index >= 15 is 0 Å². The maximum absolute atomic E-state index is 5.01. The molecule has 0 fully saturated rings. The quantitative estimate of drug-likeness (QED) is 0.142. The summed E-state index contributed by atoms with van der Waals surface area (Å²) in [5.41, 5.74) is 12.6. The van der Waals surface area contributed by atoms with Crippen molar-refractivity contribution in [3.8, 4) is 0 Å². The third-order valence-electron chi connectivity index (χ3n) is 14.2. The molecule has 0 aliphatic rings. The number of imidazole rings is 2. The summed E-state index contributed by atoms with van der Waals surface area (Å²) in [6.45, 7) is 0. The summed E-state index contributed by atoms with van der Waals surface area (Å²) in [6.07, 6.45) is 48.4. The van der Waals surface area contributed by atoms with Gasteiger partial charge in [-0.15, -0.1) is 22.7 Å². The zero-order chi connectivity index (χ0) is 79.9. The number of fused-ring (bicyclic) bond motifs is 8. The smallest absolute Gasteiger partial charge is 0.181 e. The van der Waals surface area contributed by atoms with Crippen LogP contribution in [0.2, 0.25) is 0 Å². The number of oxazole rings is 2. The average molecular weight is 1560 g/mol. The summed E-state index contributed by atoms with van der Waals surface area (Å²) in [4.78, 5) is 71.9. The first kappa shape index (κ1) is 83.9. The molecule has 0 amide bonds. The molecule has 8 aromatic carbocycles. The van der Waals surface area contributed by atoms with E-state index in [1.807, 2.05) is 248 Å². The second-order valence-electron chi connectivity index (χ2n) is 22.1. The van der Waals surface area contributed by atoms with E-state index in [4.69, 9.17) is 4.42 Å². The first-order valence-corrected chi connectivity index (χ1v) is 37.1. The number of para-hydroxylation sites is 9. The highest BCUT2D eigenvalue weighted by molar-refractivity contribution is 7.16. The fraction of sp³-hybridized carbons (Fsp3) is 0. The monoisotopic (exact) mass is 1560 g/mol. The predicted molar refractivity (Wildman–Crippen MR) is 459 cm³/mol. The number of thiazole rings is 2. The lowest BCUT2D eigenvalue weighted by atomic mass is 10.2. The molecule has 25 nitrogen and oxygen atoms in total. The largest absolute Gasteiger partial charge is 0.452 e. The van der Waals surface area contributed by atoms with Gasteiger partial charge in [-0.05, 0) is 114 Å². The number of aromatic amines is 2. The second-order valence-corrected chi connectivity index (χ2v) is 23.7. The van der Waals surface area contributed by atoms with E-state index < -0.39 is 0 Å². The Morgan fingerprint density at radius 3 is 1.32 bits per heavy atom. The van der Waals surface area contributed by atoms with E-state index in [1.165, 1.54) is 46.2 Å². The van der Waals surface area contributed by atoms with Crippen LogP contribution in [0.5, 0.6) is 0 Å². The zero-order valence-corrected chi connectivity index (χ0v) is 63.8. The SMILES string of the molecule is c1c[nH]cn1.c1ccc2[nH]cnc2c1.c1ccc2cnccc2c1.c1ccc2cnncc2c1.c1ccc2ncccc2c1.c1ccc2nccnc2c1.c1ccc2ncncc2c1.c1ccc2ocnc2c1.c1ccc2scnc2c1.c1ccncc1.c1ccnnc1.c1cnccn1.c1cncnc1.c1cocn1.c1cscn1. The summed E-state index contributed by atoms with van der Waals surface area (Å²) in [7, 11) is 0. The number of nitrogens with zero attached hydrogens (tertiary/aromatic N) is 21. The van der Waals surface area contributed by atoms with Crippen LogP contribution in [0.15, 0.2) is 455 Å². The van der Waals surface area contributed by atoms with Crippen molar-refractivity contribution in [1.29, 1.82) is 0 Å². The molecule has 0 saturated heterocycles. The summed E-state index contributed by atoms with van der Waals surface area (Å²) < 4.78 is 10.7. The van der Waals surface area contributed by atoms with Gasteiger partial charge in [0.25, 0.3) is 0 Å². The highest BCUT2D eigenvalue weighted by atomic mass is 32.1. The third-order valence-corrected chi connectivity index (χ3v) is 15.5. The van der Waals surface area contributed by atoms with Gasteiger partial charge in [0.2, 0.25) is 0 Å². The number of hydrogen-bond donors (Lipinski definition) is 2. The van der Waals surface area contributed by atoms with Crippen molar-refractivity contribution < 1.29 is 8.83 Å². The number of H-pyrrole nitrogens is 2. The van der Waals surface area contributed by atoms with Crippen molar-refractivity contribution in [3.63, 3.8) is 0 Å². The summed E-state index contributed by atoms with van der Waals surface area (Å²) in [5, 5.41) is 23.5. The maximum atomic E-state index is 5.01. The summed E-state index contributed by atoms with van der Waals surface area (Å²) >= 11 is 3.28. The van der Waals surface area contributed by atoms with Gasteiger partial charge in [0.05, 0.1) is 85.6 Å². The molecule has 0 saturated carbocycles. The first-order valence-electron chi connectivity index (χ1n) is 35.3. The highest BCUT2D eigenvalue weighted by Crippen LogP contribution is 2.16. The lowest BCUT2D eigenvalue weighted by Gasteiger charge is -1.91.